The SMILES string of the molecule is C[SiH](C)O[SiH2]c1cccc2ccc3cc4ccccc4cc3c12. The van der Waals surface area contributed by atoms with Gasteiger partial charge in [-0.3, -0.25) is 0 Å². The Morgan fingerprint density at radius 1 is 0.739 bits per heavy atom. The van der Waals surface area contributed by atoms with Crippen LogP contribution in [0.15, 0.2) is 66.7 Å². The molecule has 3 heteroatoms. The molecule has 0 atom stereocenters. The first kappa shape index (κ1) is 14.6. The third-order valence-corrected chi connectivity index (χ3v) is 8.62. The summed E-state index contributed by atoms with van der Waals surface area (Å²) in [5.41, 5.74) is 0. The minimum atomic E-state index is -0.961. The van der Waals surface area contributed by atoms with Crippen LogP contribution in [0.2, 0.25) is 13.1 Å². The summed E-state index contributed by atoms with van der Waals surface area (Å²) in [6.45, 7) is 4.51. The van der Waals surface area contributed by atoms with Gasteiger partial charge >= 0.3 is 0 Å². The Bertz CT molecular complexity index is 1010. The molecule has 114 valence electrons. The van der Waals surface area contributed by atoms with Crippen molar-refractivity contribution >= 4 is 56.3 Å². The van der Waals surface area contributed by atoms with Crippen LogP contribution in [0.5, 0.6) is 0 Å². The Labute approximate surface area is 140 Å². The highest BCUT2D eigenvalue weighted by molar-refractivity contribution is 6.63. The van der Waals surface area contributed by atoms with E-state index in [1.54, 1.807) is 0 Å². The largest absolute Gasteiger partial charge is 0.459 e. The highest BCUT2D eigenvalue weighted by Gasteiger charge is 2.08. The molecule has 0 aromatic heterocycles. The van der Waals surface area contributed by atoms with E-state index in [-0.39, 0.29) is 0 Å². The molecule has 0 spiro atoms. The molecule has 0 saturated heterocycles. The Kier molecular flexibility index (Phi) is 3.77. The van der Waals surface area contributed by atoms with Crippen molar-refractivity contribution < 1.29 is 4.12 Å². The maximum atomic E-state index is 6.15. The fourth-order valence-corrected chi connectivity index (χ4v) is 6.08. The van der Waals surface area contributed by atoms with Gasteiger partial charge in [0.1, 0.15) is 0 Å². The Morgan fingerprint density at radius 2 is 1.43 bits per heavy atom. The molecular formula is C20H20OSi2. The van der Waals surface area contributed by atoms with Crippen LogP contribution in [0, 0.1) is 0 Å². The second-order valence-corrected chi connectivity index (χ2v) is 10.8. The number of fused-ring (bicyclic) bond motifs is 4. The molecule has 23 heavy (non-hydrogen) atoms. The van der Waals surface area contributed by atoms with Crippen LogP contribution >= 0.6 is 0 Å². The van der Waals surface area contributed by atoms with Crippen molar-refractivity contribution in [3.63, 3.8) is 0 Å². The molecule has 0 amide bonds. The standard InChI is InChI=1S/C20H20OSi2/c1-23(2)21-22-19-9-5-8-14-10-11-17-12-15-6-3-4-7-16(15)13-18(17)20(14)19/h3-13,23H,22H2,1-2H3. The van der Waals surface area contributed by atoms with Crippen molar-refractivity contribution in [1.29, 1.82) is 0 Å². The summed E-state index contributed by atoms with van der Waals surface area (Å²) in [6, 6.07) is 24.4. The van der Waals surface area contributed by atoms with Crippen LogP contribution in [0.4, 0.5) is 0 Å². The topological polar surface area (TPSA) is 9.23 Å². The summed E-state index contributed by atoms with van der Waals surface area (Å²) < 4.78 is 6.15. The predicted molar refractivity (Wildman–Crippen MR) is 107 cm³/mol. The van der Waals surface area contributed by atoms with E-state index in [0.29, 0.717) is 0 Å². The Morgan fingerprint density at radius 3 is 2.22 bits per heavy atom. The highest BCUT2D eigenvalue weighted by Crippen LogP contribution is 2.28. The van der Waals surface area contributed by atoms with Gasteiger partial charge in [0, 0.05) is 0 Å². The van der Waals surface area contributed by atoms with Crippen molar-refractivity contribution in [3.8, 4) is 0 Å². The van der Waals surface area contributed by atoms with Gasteiger partial charge in [-0.1, -0.05) is 54.6 Å². The predicted octanol–water partition coefficient (Wildman–Crippen LogP) is 3.86. The molecule has 0 aliphatic heterocycles. The molecule has 4 aromatic rings. The van der Waals surface area contributed by atoms with Gasteiger partial charge in [0.05, 0.1) is 0 Å². The lowest BCUT2D eigenvalue weighted by atomic mass is 9.98. The van der Waals surface area contributed by atoms with Gasteiger partial charge < -0.3 is 4.12 Å². The lowest BCUT2D eigenvalue weighted by Gasteiger charge is -2.12. The van der Waals surface area contributed by atoms with Crippen molar-refractivity contribution in [2.75, 3.05) is 0 Å². The molecule has 0 N–H and O–H groups in total. The number of hydrogen-bond donors (Lipinski definition) is 0. The summed E-state index contributed by atoms with van der Waals surface area (Å²) >= 11 is 0. The minimum absolute atomic E-state index is 0.659. The van der Waals surface area contributed by atoms with E-state index in [1.807, 2.05) is 0 Å². The van der Waals surface area contributed by atoms with Crippen molar-refractivity contribution in [2.24, 2.45) is 0 Å². The molecule has 0 radical (unpaired) electrons. The van der Waals surface area contributed by atoms with E-state index in [0.717, 1.165) is 0 Å². The molecule has 0 unspecified atom stereocenters. The lowest BCUT2D eigenvalue weighted by Crippen LogP contribution is -2.23. The Hall–Kier alpha value is -1.95. The lowest BCUT2D eigenvalue weighted by molar-refractivity contribution is 0.635. The molecule has 0 saturated carbocycles. The first-order valence-corrected chi connectivity index (χ1v) is 12.2. The fraction of sp³-hybridized carbons (Fsp3) is 0.100. The first-order chi connectivity index (χ1) is 11.2. The van der Waals surface area contributed by atoms with Crippen LogP contribution in [-0.4, -0.2) is 18.8 Å². The summed E-state index contributed by atoms with van der Waals surface area (Å²) in [5, 5.41) is 9.45. The molecule has 0 bridgehead atoms. The van der Waals surface area contributed by atoms with Crippen molar-refractivity contribution in [1.82, 2.24) is 0 Å². The molecule has 4 rings (SSSR count). The van der Waals surface area contributed by atoms with E-state index in [1.165, 1.54) is 37.5 Å². The molecule has 0 heterocycles. The maximum absolute atomic E-state index is 6.15. The quantitative estimate of drug-likeness (QED) is 0.314. The van der Waals surface area contributed by atoms with E-state index >= 15 is 0 Å². The van der Waals surface area contributed by atoms with Gasteiger partial charge in [-0.15, -0.1) is 0 Å². The summed E-state index contributed by atoms with van der Waals surface area (Å²) in [5.74, 6) is 0. The summed E-state index contributed by atoms with van der Waals surface area (Å²) in [4.78, 5) is 0. The molecule has 0 fully saturated rings. The fourth-order valence-electron chi connectivity index (χ4n) is 3.26. The van der Waals surface area contributed by atoms with Crippen LogP contribution < -0.4 is 5.19 Å². The zero-order valence-electron chi connectivity index (χ0n) is 13.5. The second-order valence-electron chi connectivity index (χ2n) is 6.36. The van der Waals surface area contributed by atoms with Gasteiger partial charge in [-0.25, -0.2) is 0 Å². The van der Waals surface area contributed by atoms with E-state index in [2.05, 4.69) is 79.8 Å². The molecule has 0 aliphatic rings. The zero-order chi connectivity index (χ0) is 15.8. The van der Waals surface area contributed by atoms with Gasteiger partial charge in [0.2, 0.25) is 0 Å². The van der Waals surface area contributed by atoms with E-state index in [4.69, 9.17) is 4.12 Å². The third kappa shape index (κ3) is 2.72. The molecular weight excluding hydrogens is 312 g/mol. The smallest absolute Gasteiger partial charge is 0.179 e. The highest BCUT2D eigenvalue weighted by atomic mass is 28.3. The van der Waals surface area contributed by atoms with Gasteiger partial charge in [-0.2, -0.15) is 0 Å². The van der Waals surface area contributed by atoms with Crippen LogP contribution in [-0.2, 0) is 4.12 Å². The second kappa shape index (κ2) is 5.92. The molecule has 1 nitrogen and oxygen atoms in total. The number of rotatable bonds is 3. The van der Waals surface area contributed by atoms with Crippen molar-refractivity contribution in [3.05, 3.63) is 66.7 Å². The van der Waals surface area contributed by atoms with Gasteiger partial charge in [0.25, 0.3) is 0 Å². The van der Waals surface area contributed by atoms with Crippen LogP contribution in [0.3, 0.4) is 0 Å². The number of hydrogen-bond acceptors (Lipinski definition) is 1. The third-order valence-electron chi connectivity index (χ3n) is 4.38. The maximum Gasteiger partial charge on any atom is 0.179 e. The molecule has 4 aromatic carbocycles. The van der Waals surface area contributed by atoms with Crippen LogP contribution in [0.25, 0.3) is 32.3 Å². The van der Waals surface area contributed by atoms with E-state index < -0.39 is 18.8 Å². The first-order valence-electron chi connectivity index (χ1n) is 8.17. The zero-order valence-corrected chi connectivity index (χ0v) is 16.1. The normalized spacial score (nSPS) is 12.3. The van der Waals surface area contributed by atoms with Crippen LogP contribution in [0.1, 0.15) is 0 Å². The minimum Gasteiger partial charge on any atom is -0.459 e. The molecule has 0 aliphatic carbocycles. The van der Waals surface area contributed by atoms with Gasteiger partial charge in [-0.05, 0) is 62.7 Å². The van der Waals surface area contributed by atoms with E-state index in [9.17, 15) is 0 Å². The number of benzene rings is 4. The average molecular weight is 333 g/mol. The summed E-state index contributed by atoms with van der Waals surface area (Å²) in [7, 11) is -1.62. The summed E-state index contributed by atoms with van der Waals surface area (Å²) in [6.07, 6.45) is 0. The van der Waals surface area contributed by atoms with Gasteiger partial charge in [0.15, 0.2) is 18.8 Å². The average Bonchev–Trinajstić information content (AvgIpc) is 2.57. The monoisotopic (exact) mass is 332 g/mol. The Balaban J connectivity index is 2.03. The van der Waals surface area contributed by atoms with Crippen molar-refractivity contribution in [2.45, 2.75) is 13.1 Å².